The maximum Gasteiger partial charge on any atom is 0.268 e. The lowest BCUT2D eigenvalue weighted by Gasteiger charge is -2.14. The van der Waals surface area contributed by atoms with Crippen LogP contribution in [0.5, 0.6) is 0 Å². The Labute approximate surface area is 171 Å². The monoisotopic (exact) mass is 417 g/mol. The molecule has 0 saturated heterocycles. The molecule has 148 valence electrons. The van der Waals surface area contributed by atoms with Gasteiger partial charge in [0.25, 0.3) is 21.8 Å². The minimum atomic E-state index is -3.99. The SMILES string of the molecule is Nc1ccc(-c2cc3ccccc3n2S(=O)(=O)c2ccccc2)c2c1C(=O)NC2=O. The molecular formula is C22H15N3O4S. The Hall–Kier alpha value is -3.91. The van der Waals surface area contributed by atoms with Crippen molar-refractivity contribution in [2.75, 3.05) is 5.73 Å². The fourth-order valence-corrected chi connectivity index (χ4v) is 5.36. The largest absolute Gasteiger partial charge is 0.398 e. The van der Waals surface area contributed by atoms with Crippen LogP contribution in [-0.2, 0) is 10.0 Å². The summed E-state index contributed by atoms with van der Waals surface area (Å²) in [4.78, 5) is 24.9. The van der Waals surface area contributed by atoms with Crippen molar-refractivity contribution in [2.45, 2.75) is 4.90 Å². The minimum absolute atomic E-state index is 0.0615. The number of nitrogen functional groups attached to an aromatic ring is 1. The van der Waals surface area contributed by atoms with Crippen LogP contribution < -0.4 is 11.1 Å². The fraction of sp³-hybridized carbons (Fsp3) is 0. The summed E-state index contributed by atoms with van der Waals surface area (Å²) in [5.74, 6) is -1.20. The molecule has 0 spiro atoms. The maximum atomic E-state index is 13.6. The molecule has 0 aliphatic carbocycles. The lowest BCUT2D eigenvalue weighted by molar-refractivity contribution is 0.0880. The fourth-order valence-electron chi connectivity index (χ4n) is 3.82. The van der Waals surface area contributed by atoms with Crippen LogP contribution in [-0.4, -0.2) is 24.2 Å². The standard InChI is InChI=1S/C22H15N3O4S/c23-16-11-10-15(19-20(16)22(27)24-21(19)26)18-12-13-6-4-5-9-17(13)25(18)30(28,29)14-7-2-1-3-8-14/h1-12H,23H2,(H,24,26,27). The van der Waals surface area contributed by atoms with Gasteiger partial charge in [0.2, 0.25) is 0 Å². The van der Waals surface area contributed by atoms with Gasteiger partial charge >= 0.3 is 0 Å². The summed E-state index contributed by atoms with van der Waals surface area (Å²) < 4.78 is 28.4. The highest BCUT2D eigenvalue weighted by Gasteiger charge is 2.34. The Morgan fingerprint density at radius 3 is 2.23 bits per heavy atom. The number of hydrogen-bond donors (Lipinski definition) is 2. The second-order valence-corrected chi connectivity index (χ2v) is 8.69. The number of carbonyl (C=O) groups excluding carboxylic acids is 2. The van der Waals surface area contributed by atoms with E-state index < -0.39 is 21.8 Å². The van der Waals surface area contributed by atoms with Gasteiger partial charge in [-0.05, 0) is 36.4 Å². The molecule has 2 amide bonds. The number of aromatic nitrogens is 1. The van der Waals surface area contributed by atoms with E-state index in [4.69, 9.17) is 5.73 Å². The Kier molecular flexibility index (Phi) is 3.81. The molecule has 3 aromatic carbocycles. The highest BCUT2D eigenvalue weighted by molar-refractivity contribution is 7.90. The maximum absolute atomic E-state index is 13.6. The van der Waals surface area contributed by atoms with E-state index in [0.717, 1.165) is 0 Å². The average Bonchev–Trinajstić information content (AvgIpc) is 3.27. The van der Waals surface area contributed by atoms with E-state index in [9.17, 15) is 18.0 Å². The van der Waals surface area contributed by atoms with E-state index in [1.54, 1.807) is 54.6 Å². The van der Waals surface area contributed by atoms with Crippen LogP contribution in [0.15, 0.2) is 77.7 Å². The molecular weight excluding hydrogens is 402 g/mol. The Morgan fingerprint density at radius 1 is 0.800 bits per heavy atom. The van der Waals surface area contributed by atoms with Crippen LogP contribution in [0.2, 0.25) is 0 Å². The molecule has 0 atom stereocenters. The number of hydrogen-bond acceptors (Lipinski definition) is 5. The Morgan fingerprint density at radius 2 is 1.47 bits per heavy atom. The number of imide groups is 1. The first-order valence-electron chi connectivity index (χ1n) is 9.09. The summed E-state index contributed by atoms with van der Waals surface area (Å²) in [5.41, 5.74) is 7.28. The van der Waals surface area contributed by atoms with Crippen molar-refractivity contribution in [3.05, 3.63) is 83.9 Å². The first-order valence-corrected chi connectivity index (χ1v) is 10.5. The lowest BCUT2D eigenvalue weighted by atomic mass is 9.99. The molecule has 3 N–H and O–H groups in total. The minimum Gasteiger partial charge on any atom is -0.398 e. The van der Waals surface area contributed by atoms with Crippen LogP contribution in [0.1, 0.15) is 20.7 Å². The number of fused-ring (bicyclic) bond motifs is 2. The highest BCUT2D eigenvalue weighted by atomic mass is 32.2. The van der Waals surface area contributed by atoms with E-state index >= 15 is 0 Å². The Bertz CT molecular complexity index is 1470. The molecule has 0 unspecified atom stereocenters. The molecule has 0 bridgehead atoms. The third-order valence-corrected chi connectivity index (χ3v) is 6.88. The zero-order valence-electron chi connectivity index (χ0n) is 15.5. The third kappa shape index (κ3) is 2.47. The number of rotatable bonds is 3. The van der Waals surface area contributed by atoms with Crippen molar-refractivity contribution in [2.24, 2.45) is 0 Å². The molecule has 0 radical (unpaired) electrons. The molecule has 0 fully saturated rings. The van der Waals surface area contributed by atoms with E-state index in [1.165, 1.54) is 22.2 Å². The second kappa shape index (κ2) is 6.30. The second-order valence-electron chi connectivity index (χ2n) is 6.91. The van der Waals surface area contributed by atoms with E-state index in [2.05, 4.69) is 5.32 Å². The summed E-state index contributed by atoms with van der Waals surface area (Å²) in [6.45, 7) is 0. The van der Waals surface area contributed by atoms with E-state index in [-0.39, 0.29) is 27.4 Å². The van der Waals surface area contributed by atoms with Gasteiger partial charge in [0.1, 0.15) is 0 Å². The normalized spacial score (nSPS) is 13.5. The van der Waals surface area contributed by atoms with Gasteiger partial charge in [0, 0.05) is 16.6 Å². The van der Waals surface area contributed by atoms with Crippen LogP contribution in [0.25, 0.3) is 22.2 Å². The van der Waals surface area contributed by atoms with Crippen LogP contribution in [0.3, 0.4) is 0 Å². The van der Waals surface area contributed by atoms with Gasteiger partial charge in [-0.3, -0.25) is 14.9 Å². The summed E-state index contributed by atoms with van der Waals surface area (Å²) in [6, 6.07) is 19.8. The van der Waals surface area contributed by atoms with E-state index in [1.807, 2.05) is 0 Å². The molecule has 7 nitrogen and oxygen atoms in total. The molecule has 30 heavy (non-hydrogen) atoms. The van der Waals surface area contributed by atoms with Gasteiger partial charge in [0.05, 0.1) is 27.2 Å². The molecule has 8 heteroatoms. The third-order valence-electron chi connectivity index (χ3n) is 5.14. The first-order chi connectivity index (χ1) is 14.4. The number of nitrogens with two attached hydrogens (primary N) is 1. The zero-order chi connectivity index (χ0) is 21.0. The zero-order valence-corrected chi connectivity index (χ0v) is 16.3. The quantitative estimate of drug-likeness (QED) is 0.393. The van der Waals surface area contributed by atoms with Crippen molar-refractivity contribution in [1.29, 1.82) is 0 Å². The number of carbonyl (C=O) groups is 2. The predicted octanol–water partition coefficient (Wildman–Crippen LogP) is 3.01. The molecule has 2 heterocycles. The van der Waals surface area contributed by atoms with Gasteiger partial charge in [-0.15, -0.1) is 0 Å². The van der Waals surface area contributed by atoms with Crippen LogP contribution in [0, 0.1) is 0 Å². The molecule has 4 aromatic rings. The van der Waals surface area contributed by atoms with Crippen molar-refractivity contribution >= 4 is 38.4 Å². The molecule has 1 aromatic heterocycles. The van der Waals surface area contributed by atoms with Gasteiger partial charge < -0.3 is 5.73 Å². The topological polar surface area (TPSA) is 111 Å². The molecule has 1 aliphatic heterocycles. The molecule has 5 rings (SSSR count). The lowest BCUT2D eigenvalue weighted by Crippen LogP contribution is -2.20. The van der Waals surface area contributed by atoms with Gasteiger partial charge in [0.15, 0.2) is 0 Å². The van der Waals surface area contributed by atoms with Gasteiger partial charge in [-0.1, -0.05) is 36.4 Å². The number of benzene rings is 3. The summed E-state index contributed by atoms with van der Waals surface area (Å²) >= 11 is 0. The van der Waals surface area contributed by atoms with Crippen molar-refractivity contribution in [1.82, 2.24) is 9.29 Å². The smallest absolute Gasteiger partial charge is 0.268 e. The van der Waals surface area contributed by atoms with E-state index in [0.29, 0.717) is 16.5 Å². The van der Waals surface area contributed by atoms with Crippen LogP contribution >= 0.6 is 0 Å². The number of anilines is 1. The van der Waals surface area contributed by atoms with Crippen molar-refractivity contribution < 1.29 is 18.0 Å². The number of amides is 2. The van der Waals surface area contributed by atoms with Crippen molar-refractivity contribution in [3.8, 4) is 11.3 Å². The molecule has 1 aliphatic rings. The molecule has 0 saturated carbocycles. The summed E-state index contributed by atoms with van der Waals surface area (Å²) in [7, 11) is -3.99. The Balaban J connectivity index is 1.89. The number of nitrogens with one attached hydrogen (secondary N) is 1. The average molecular weight is 417 g/mol. The summed E-state index contributed by atoms with van der Waals surface area (Å²) in [5, 5.41) is 2.92. The van der Waals surface area contributed by atoms with Crippen LogP contribution in [0.4, 0.5) is 5.69 Å². The van der Waals surface area contributed by atoms with Crippen molar-refractivity contribution in [3.63, 3.8) is 0 Å². The number of nitrogens with zero attached hydrogens (tertiary/aromatic N) is 1. The number of para-hydroxylation sites is 1. The van der Waals surface area contributed by atoms with Gasteiger partial charge in [-0.25, -0.2) is 12.4 Å². The van der Waals surface area contributed by atoms with Gasteiger partial charge in [-0.2, -0.15) is 0 Å². The highest BCUT2D eigenvalue weighted by Crippen LogP contribution is 2.37. The first kappa shape index (κ1) is 18.1. The summed E-state index contributed by atoms with van der Waals surface area (Å²) in [6.07, 6.45) is 0. The predicted molar refractivity (Wildman–Crippen MR) is 113 cm³/mol.